The summed E-state index contributed by atoms with van der Waals surface area (Å²) in [6, 6.07) is 3.96. The summed E-state index contributed by atoms with van der Waals surface area (Å²) >= 11 is 16.6. The van der Waals surface area contributed by atoms with Crippen LogP contribution in [0.1, 0.15) is 78.6 Å². The van der Waals surface area contributed by atoms with Crippen molar-refractivity contribution in [3.63, 3.8) is 0 Å². The van der Waals surface area contributed by atoms with Gasteiger partial charge in [0.15, 0.2) is 5.78 Å². The fourth-order valence-corrected chi connectivity index (χ4v) is 11.9. The number of thiazole rings is 2. The SMILES string of the molecule is C=CC(=O)Cc1sc2c(c1-c1nc3cnccc3s1)CCN(C(=O)OC(C)(C)C)C2.Cc1sc2c(c1-c1nc3cnccc3s1)CCN(C(=O)OC(C)(C)C)C2.O=C(Cl)CCCl. The van der Waals surface area contributed by atoms with Crippen LogP contribution in [-0.4, -0.2) is 83.1 Å². The molecule has 0 fully saturated rings. The van der Waals surface area contributed by atoms with E-state index < -0.39 is 11.2 Å². The van der Waals surface area contributed by atoms with Crippen molar-refractivity contribution in [2.75, 3.05) is 19.0 Å². The lowest BCUT2D eigenvalue weighted by atomic mass is 10.0. The molecule has 0 saturated carbocycles. The number of hydrogen-bond donors (Lipinski definition) is 0. The predicted molar refractivity (Wildman–Crippen MR) is 252 cm³/mol. The first kappa shape index (κ1) is 47.2. The van der Waals surface area contributed by atoms with Gasteiger partial charge < -0.3 is 19.3 Å². The van der Waals surface area contributed by atoms with Crippen LogP contribution >= 0.6 is 68.5 Å². The molecule has 2 aliphatic rings. The van der Waals surface area contributed by atoms with E-state index in [0.717, 1.165) is 52.2 Å². The van der Waals surface area contributed by atoms with Crippen molar-refractivity contribution >= 4 is 112 Å². The molecule has 0 saturated heterocycles. The topological polar surface area (TPSA) is 145 Å². The third-order valence-electron chi connectivity index (χ3n) is 9.33. The molecule has 8 heterocycles. The maximum Gasteiger partial charge on any atom is 0.410 e. The van der Waals surface area contributed by atoms with E-state index in [1.165, 1.54) is 32.5 Å². The number of pyridine rings is 2. The first-order valence-corrected chi connectivity index (χ1v) is 24.0. The Kier molecular flexibility index (Phi) is 15.2. The third kappa shape index (κ3) is 11.8. The highest BCUT2D eigenvalue weighted by atomic mass is 35.5. The van der Waals surface area contributed by atoms with Crippen molar-refractivity contribution in [3.05, 3.63) is 80.2 Å². The Morgan fingerprint density at radius 2 is 1.26 bits per heavy atom. The fourth-order valence-electron chi connectivity index (χ4n) is 6.70. The van der Waals surface area contributed by atoms with Gasteiger partial charge >= 0.3 is 12.2 Å². The molecule has 2 amide bonds. The molecule has 62 heavy (non-hydrogen) atoms. The first-order valence-electron chi connectivity index (χ1n) is 19.9. The summed E-state index contributed by atoms with van der Waals surface area (Å²) in [5.41, 5.74) is 5.59. The second kappa shape index (κ2) is 20.0. The summed E-state index contributed by atoms with van der Waals surface area (Å²) < 4.78 is 13.3. The van der Waals surface area contributed by atoms with E-state index >= 15 is 0 Å². The van der Waals surface area contributed by atoms with Gasteiger partial charge in [0.05, 0.1) is 34.9 Å². The summed E-state index contributed by atoms with van der Waals surface area (Å²) in [6.45, 7) is 19.4. The number of nitrogens with zero attached hydrogens (tertiary/aromatic N) is 6. The molecule has 0 N–H and O–H groups in total. The second-order valence-electron chi connectivity index (χ2n) is 16.4. The van der Waals surface area contributed by atoms with E-state index in [1.807, 2.05) is 59.9 Å². The van der Waals surface area contributed by atoms with E-state index in [2.05, 4.69) is 23.5 Å². The quantitative estimate of drug-likeness (QED) is 0.0861. The molecule has 0 atom stereocenters. The largest absolute Gasteiger partial charge is 0.444 e. The van der Waals surface area contributed by atoms with Crippen LogP contribution in [0.15, 0.2) is 49.6 Å². The molecule has 8 rings (SSSR count). The molecule has 328 valence electrons. The number of ether oxygens (including phenoxy) is 2. The number of thiophene rings is 2. The van der Waals surface area contributed by atoms with Gasteiger partial charge in [-0.1, -0.05) is 6.58 Å². The molecule has 6 aromatic rings. The number of ketones is 1. The highest BCUT2D eigenvalue weighted by molar-refractivity contribution is 7.22. The third-order valence-corrected chi connectivity index (χ3v) is 14.2. The van der Waals surface area contributed by atoms with Gasteiger partial charge in [-0.15, -0.1) is 56.9 Å². The minimum Gasteiger partial charge on any atom is -0.444 e. The summed E-state index contributed by atoms with van der Waals surface area (Å²) in [5.74, 6) is 0.295. The number of aromatic nitrogens is 4. The summed E-state index contributed by atoms with van der Waals surface area (Å²) in [6.07, 6.45) is 10.0. The molecule has 0 aromatic carbocycles. The highest BCUT2D eigenvalue weighted by Crippen LogP contribution is 2.44. The zero-order chi connectivity index (χ0) is 44.9. The smallest absolute Gasteiger partial charge is 0.410 e. The van der Waals surface area contributed by atoms with Crippen LogP contribution in [0.25, 0.3) is 41.6 Å². The molecule has 0 radical (unpaired) electrons. The van der Waals surface area contributed by atoms with Gasteiger partial charge in [0.25, 0.3) is 0 Å². The minimum absolute atomic E-state index is 0.0263. The number of halogens is 2. The molecular weight excluding hydrogens is 908 g/mol. The van der Waals surface area contributed by atoms with Crippen molar-refractivity contribution < 1.29 is 28.7 Å². The van der Waals surface area contributed by atoms with Crippen LogP contribution in [0.3, 0.4) is 0 Å². The fraction of sp³-hybridized carbons (Fsp3) is 0.409. The molecule has 18 heteroatoms. The number of carbonyl (C=O) groups excluding carboxylic acids is 4. The standard InChI is InChI=1S/C22H23N3O3S2.C19H21N3O2S2.C3H4Cl2O/c1-5-13(26)10-17-19(20-24-15-11-23-8-6-16(15)30-20)14-7-9-25(12-18(14)29-17)21(27)28-22(2,3)4;1-11-16(17-21-13-9-20-7-5-14(13)26-17)12-6-8-22(10-15(12)25-11)18(23)24-19(2,3)4;4-2-1-3(5)6/h5-6,8,11H,1,7,9-10,12H2,2-4H3;5,7,9H,6,8,10H2,1-4H3;1-2H2. The first-order chi connectivity index (χ1) is 29.3. The lowest BCUT2D eigenvalue weighted by Gasteiger charge is -2.30. The average Bonchev–Trinajstić information content (AvgIpc) is 3.97. The number of carbonyl (C=O) groups is 4. The van der Waals surface area contributed by atoms with E-state index in [9.17, 15) is 19.2 Å². The molecule has 2 aliphatic heterocycles. The number of allylic oxidation sites excluding steroid dienone is 1. The van der Waals surface area contributed by atoms with Crippen LogP contribution < -0.4 is 0 Å². The van der Waals surface area contributed by atoms with Gasteiger partial charge in [0.1, 0.15) is 32.3 Å². The molecule has 0 spiro atoms. The molecule has 0 aliphatic carbocycles. The molecule has 6 aromatic heterocycles. The Balaban J connectivity index is 0.000000184. The van der Waals surface area contributed by atoms with E-state index in [0.29, 0.717) is 38.5 Å². The van der Waals surface area contributed by atoms with Gasteiger partial charge in [0, 0.05) is 74.8 Å². The van der Waals surface area contributed by atoms with Gasteiger partial charge in [-0.3, -0.25) is 19.6 Å². The average molecular weight is 956 g/mol. The predicted octanol–water partition coefficient (Wildman–Crippen LogP) is 11.4. The van der Waals surface area contributed by atoms with Gasteiger partial charge in [-0.25, -0.2) is 19.6 Å². The maximum absolute atomic E-state index is 12.6. The van der Waals surface area contributed by atoms with Crippen LogP contribution in [0.5, 0.6) is 0 Å². The van der Waals surface area contributed by atoms with Gasteiger partial charge in [-0.2, -0.15) is 0 Å². The molecule has 12 nitrogen and oxygen atoms in total. The Bertz CT molecular complexity index is 2550. The van der Waals surface area contributed by atoms with Crippen molar-refractivity contribution in [2.24, 2.45) is 0 Å². The Hall–Kier alpha value is -4.32. The van der Waals surface area contributed by atoms with E-state index in [-0.39, 0.29) is 36.1 Å². The van der Waals surface area contributed by atoms with Crippen molar-refractivity contribution in [2.45, 2.75) is 98.4 Å². The van der Waals surface area contributed by atoms with Crippen LogP contribution in [0.2, 0.25) is 0 Å². The normalized spacial score (nSPS) is 13.6. The summed E-state index contributed by atoms with van der Waals surface area (Å²) in [7, 11) is 0. The number of rotatable bonds is 7. The summed E-state index contributed by atoms with van der Waals surface area (Å²) in [4.78, 5) is 72.8. The van der Waals surface area contributed by atoms with Gasteiger partial charge in [-0.05, 0) is 102 Å². The van der Waals surface area contributed by atoms with Crippen LogP contribution in [-0.2, 0) is 51.4 Å². The lowest BCUT2D eigenvalue weighted by molar-refractivity contribution is -0.114. The Morgan fingerprint density at radius 1 is 0.774 bits per heavy atom. The van der Waals surface area contributed by atoms with Crippen molar-refractivity contribution in [3.8, 4) is 21.1 Å². The Morgan fingerprint density at radius 3 is 1.69 bits per heavy atom. The molecule has 0 unspecified atom stereocenters. The number of hydrogen-bond acceptors (Lipinski definition) is 14. The highest BCUT2D eigenvalue weighted by Gasteiger charge is 2.32. The van der Waals surface area contributed by atoms with E-state index in [4.69, 9.17) is 42.6 Å². The molecular formula is C44H48Cl2N6O6S4. The second-order valence-corrected chi connectivity index (χ2v) is 21.8. The zero-order valence-corrected chi connectivity index (χ0v) is 40.4. The van der Waals surface area contributed by atoms with Crippen molar-refractivity contribution in [1.29, 1.82) is 0 Å². The van der Waals surface area contributed by atoms with Crippen LogP contribution in [0.4, 0.5) is 9.59 Å². The van der Waals surface area contributed by atoms with Crippen LogP contribution in [0, 0.1) is 6.92 Å². The summed E-state index contributed by atoms with van der Waals surface area (Å²) in [5, 5.41) is 1.58. The maximum atomic E-state index is 12.6. The number of alkyl halides is 1. The number of fused-ring (bicyclic) bond motifs is 4. The Labute approximate surface area is 386 Å². The van der Waals surface area contributed by atoms with E-state index in [1.54, 1.807) is 73.7 Å². The number of amides is 2. The van der Waals surface area contributed by atoms with Gasteiger partial charge in [0.2, 0.25) is 5.24 Å². The monoisotopic (exact) mass is 954 g/mol. The van der Waals surface area contributed by atoms with Crippen molar-refractivity contribution in [1.82, 2.24) is 29.7 Å². The minimum atomic E-state index is -0.533. The lowest BCUT2D eigenvalue weighted by Crippen LogP contribution is -2.39. The number of aryl methyl sites for hydroxylation is 1. The zero-order valence-electron chi connectivity index (χ0n) is 35.6. The molecule has 0 bridgehead atoms.